The van der Waals surface area contributed by atoms with Crippen LogP contribution < -0.4 is 16.5 Å². The number of rotatable bonds is 12. The first-order valence-electron chi connectivity index (χ1n) is 12.6. The summed E-state index contributed by atoms with van der Waals surface area (Å²) in [5.41, 5.74) is 13.0. The highest BCUT2D eigenvalue weighted by molar-refractivity contribution is 5.85. The number of nitrogens with two attached hydrogens (primary N) is 1. The molecule has 3 atom stereocenters. The van der Waals surface area contributed by atoms with E-state index in [-0.39, 0.29) is 12.5 Å². The fourth-order valence-electron chi connectivity index (χ4n) is 4.01. The molecule has 38 heavy (non-hydrogen) atoms. The molecule has 0 bridgehead atoms. The van der Waals surface area contributed by atoms with Crippen molar-refractivity contribution in [3.05, 3.63) is 90.1 Å². The fourth-order valence-corrected chi connectivity index (χ4v) is 4.01. The number of ether oxygens (including phenoxy) is 1. The number of carbonyl (C=O) groups is 2. The van der Waals surface area contributed by atoms with Gasteiger partial charge in [-0.2, -0.15) is 0 Å². The van der Waals surface area contributed by atoms with Gasteiger partial charge in [-0.25, -0.2) is 9.80 Å². The molecule has 0 spiro atoms. The van der Waals surface area contributed by atoms with Crippen molar-refractivity contribution >= 4 is 12.0 Å². The van der Waals surface area contributed by atoms with Gasteiger partial charge in [0.2, 0.25) is 0 Å². The monoisotopic (exact) mass is 519 g/mol. The van der Waals surface area contributed by atoms with Gasteiger partial charge in [0.15, 0.2) is 0 Å². The van der Waals surface area contributed by atoms with E-state index in [9.17, 15) is 14.7 Å². The minimum atomic E-state index is -0.922. The van der Waals surface area contributed by atoms with E-state index in [0.29, 0.717) is 13.0 Å². The van der Waals surface area contributed by atoms with E-state index in [0.717, 1.165) is 22.4 Å². The standard InChI is InChI=1S/C29H37N5O4/c1-20(2)27(32-29(37)38-3)28(36)33-34(19-26(35)24(30)17-21-9-5-4-6-10-21)18-22-12-14-23(15-13-22)25-11-7-8-16-31-25/h4-16,20,24,26-27,35H,17-19,30H2,1-3H3,(H,32,37)(H,33,36)/t24?,26?,27-/m0/s1. The van der Waals surface area contributed by atoms with Crippen LogP contribution in [0.15, 0.2) is 79.0 Å². The second-order valence-electron chi connectivity index (χ2n) is 9.55. The molecule has 2 amide bonds. The number of amides is 2. The number of pyridine rings is 1. The number of aliphatic hydroxyl groups is 1. The highest BCUT2D eigenvalue weighted by atomic mass is 16.5. The van der Waals surface area contributed by atoms with Gasteiger partial charge in [0.1, 0.15) is 6.04 Å². The Morgan fingerprint density at radius 3 is 2.29 bits per heavy atom. The highest BCUT2D eigenvalue weighted by Gasteiger charge is 2.27. The second-order valence-corrected chi connectivity index (χ2v) is 9.55. The van der Waals surface area contributed by atoms with Gasteiger partial charge in [-0.3, -0.25) is 15.2 Å². The molecule has 0 aliphatic rings. The molecule has 0 fully saturated rings. The smallest absolute Gasteiger partial charge is 0.407 e. The Morgan fingerprint density at radius 1 is 1.00 bits per heavy atom. The van der Waals surface area contributed by atoms with Gasteiger partial charge in [0.05, 0.1) is 18.9 Å². The van der Waals surface area contributed by atoms with Crippen molar-refractivity contribution < 1.29 is 19.4 Å². The number of hydrogen-bond acceptors (Lipinski definition) is 7. The van der Waals surface area contributed by atoms with E-state index < -0.39 is 30.2 Å². The molecular formula is C29H37N5O4. The van der Waals surface area contributed by atoms with Crippen LogP contribution in [0.25, 0.3) is 11.3 Å². The zero-order valence-corrected chi connectivity index (χ0v) is 22.1. The van der Waals surface area contributed by atoms with Crippen LogP contribution in [0.3, 0.4) is 0 Å². The van der Waals surface area contributed by atoms with Crippen molar-refractivity contribution in [1.82, 2.24) is 20.7 Å². The molecule has 1 aromatic heterocycles. The number of hydrogen-bond donors (Lipinski definition) is 4. The molecule has 1 heterocycles. The summed E-state index contributed by atoms with van der Waals surface area (Å²) in [4.78, 5) is 29.4. The topological polar surface area (TPSA) is 130 Å². The molecule has 3 rings (SSSR count). The molecule has 2 aromatic carbocycles. The zero-order valence-electron chi connectivity index (χ0n) is 22.1. The number of aromatic nitrogens is 1. The summed E-state index contributed by atoms with van der Waals surface area (Å²) in [7, 11) is 1.25. The molecule has 5 N–H and O–H groups in total. The van der Waals surface area contributed by atoms with Crippen LogP contribution in [0.1, 0.15) is 25.0 Å². The summed E-state index contributed by atoms with van der Waals surface area (Å²) in [6.07, 6.45) is 0.615. The van der Waals surface area contributed by atoms with E-state index >= 15 is 0 Å². The number of alkyl carbamates (subject to hydrolysis) is 1. The molecule has 9 nitrogen and oxygen atoms in total. The SMILES string of the molecule is COC(=O)N[C@H](C(=O)NN(Cc1ccc(-c2ccccn2)cc1)CC(O)C(N)Cc1ccccc1)C(C)C. The molecule has 0 saturated heterocycles. The molecule has 0 radical (unpaired) electrons. The lowest BCUT2D eigenvalue weighted by Crippen LogP contribution is -2.56. The summed E-state index contributed by atoms with van der Waals surface area (Å²) in [6.45, 7) is 4.05. The highest BCUT2D eigenvalue weighted by Crippen LogP contribution is 2.18. The van der Waals surface area contributed by atoms with Crippen molar-refractivity contribution in [2.24, 2.45) is 11.7 Å². The number of carbonyl (C=O) groups excluding carboxylic acids is 2. The zero-order chi connectivity index (χ0) is 27.5. The maximum absolute atomic E-state index is 13.2. The Morgan fingerprint density at radius 2 is 1.68 bits per heavy atom. The van der Waals surface area contributed by atoms with Crippen LogP contribution >= 0.6 is 0 Å². The van der Waals surface area contributed by atoms with Gasteiger partial charge in [0, 0.05) is 30.9 Å². The number of methoxy groups -OCH3 is 1. The van der Waals surface area contributed by atoms with Gasteiger partial charge in [-0.15, -0.1) is 0 Å². The number of benzene rings is 2. The summed E-state index contributed by atoms with van der Waals surface area (Å²) in [5.74, 6) is -0.613. The number of nitrogens with zero attached hydrogens (tertiary/aromatic N) is 2. The van der Waals surface area contributed by atoms with Crippen molar-refractivity contribution in [2.45, 2.75) is 45.0 Å². The van der Waals surface area contributed by atoms with Crippen LogP contribution in [-0.4, -0.2) is 58.9 Å². The second kappa shape index (κ2) is 14.2. The quantitative estimate of drug-likeness (QED) is 0.271. The van der Waals surface area contributed by atoms with Crippen LogP contribution in [-0.2, 0) is 22.5 Å². The molecule has 0 saturated carbocycles. The van der Waals surface area contributed by atoms with Crippen molar-refractivity contribution in [3.8, 4) is 11.3 Å². The molecule has 202 valence electrons. The maximum atomic E-state index is 13.2. The number of nitrogens with one attached hydrogen (secondary N) is 2. The predicted molar refractivity (Wildman–Crippen MR) is 147 cm³/mol. The van der Waals surface area contributed by atoms with Crippen molar-refractivity contribution in [1.29, 1.82) is 0 Å². The molecule has 9 heteroatoms. The largest absolute Gasteiger partial charge is 0.453 e. The first kappa shape index (κ1) is 28.8. The van der Waals surface area contributed by atoms with E-state index in [1.54, 1.807) is 11.2 Å². The molecule has 0 aliphatic heterocycles. The minimum absolute atomic E-state index is 0.0881. The first-order valence-corrected chi connectivity index (χ1v) is 12.6. The van der Waals surface area contributed by atoms with E-state index in [1.807, 2.05) is 86.6 Å². The molecule has 2 unspecified atom stereocenters. The summed E-state index contributed by atoms with van der Waals surface area (Å²) >= 11 is 0. The lowest BCUT2D eigenvalue weighted by atomic mass is 10.0. The Hall–Kier alpha value is -3.79. The predicted octanol–water partition coefficient (Wildman–Crippen LogP) is 2.89. The fraction of sp³-hybridized carbons (Fsp3) is 0.345. The third kappa shape index (κ3) is 8.65. The third-order valence-corrected chi connectivity index (χ3v) is 6.18. The Bertz CT molecular complexity index is 1140. The van der Waals surface area contributed by atoms with E-state index in [2.05, 4.69) is 20.5 Å². The molecule has 3 aromatic rings. The molecular weight excluding hydrogens is 482 g/mol. The third-order valence-electron chi connectivity index (χ3n) is 6.18. The van der Waals surface area contributed by atoms with Crippen LogP contribution in [0.5, 0.6) is 0 Å². The maximum Gasteiger partial charge on any atom is 0.407 e. The van der Waals surface area contributed by atoms with Gasteiger partial charge < -0.3 is 20.9 Å². The Labute approximate surface area is 224 Å². The first-order chi connectivity index (χ1) is 18.3. The average molecular weight is 520 g/mol. The lowest BCUT2D eigenvalue weighted by Gasteiger charge is -2.30. The van der Waals surface area contributed by atoms with Gasteiger partial charge in [0.25, 0.3) is 5.91 Å². The van der Waals surface area contributed by atoms with Crippen LogP contribution in [0.4, 0.5) is 4.79 Å². The molecule has 0 aliphatic carbocycles. The van der Waals surface area contributed by atoms with Gasteiger partial charge in [-0.1, -0.05) is 74.5 Å². The van der Waals surface area contributed by atoms with Crippen molar-refractivity contribution in [3.63, 3.8) is 0 Å². The van der Waals surface area contributed by atoms with Gasteiger partial charge >= 0.3 is 6.09 Å². The summed E-state index contributed by atoms with van der Waals surface area (Å²) in [6, 6.07) is 21.9. The normalized spacial score (nSPS) is 13.6. The van der Waals surface area contributed by atoms with Crippen LogP contribution in [0.2, 0.25) is 0 Å². The van der Waals surface area contributed by atoms with Crippen molar-refractivity contribution in [2.75, 3.05) is 13.7 Å². The van der Waals surface area contributed by atoms with Crippen LogP contribution in [0, 0.1) is 5.92 Å². The number of aliphatic hydroxyl groups excluding tert-OH is 1. The Kier molecular flexibility index (Phi) is 10.8. The summed E-state index contributed by atoms with van der Waals surface area (Å²) in [5, 5.41) is 15.2. The summed E-state index contributed by atoms with van der Waals surface area (Å²) < 4.78 is 4.68. The number of hydrazine groups is 1. The average Bonchev–Trinajstić information content (AvgIpc) is 2.92. The minimum Gasteiger partial charge on any atom is -0.453 e. The van der Waals surface area contributed by atoms with Gasteiger partial charge in [-0.05, 0) is 35.6 Å². The van der Waals surface area contributed by atoms with E-state index in [4.69, 9.17) is 5.73 Å². The lowest BCUT2D eigenvalue weighted by molar-refractivity contribution is -0.130. The Balaban J connectivity index is 1.75. The van der Waals surface area contributed by atoms with E-state index in [1.165, 1.54) is 7.11 Å².